The summed E-state index contributed by atoms with van der Waals surface area (Å²) in [6.45, 7) is 2.59. The van der Waals surface area contributed by atoms with Crippen LogP contribution in [0.25, 0.3) is 0 Å². The number of carbonyl (C=O) groups excluding carboxylic acids is 2. The van der Waals surface area contributed by atoms with Gasteiger partial charge in [0.2, 0.25) is 0 Å². The zero-order chi connectivity index (χ0) is 19.0. The molecule has 0 saturated carbocycles. The second-order valence-electron chi connectivity index (χ2n) is 6.49. The van der Waals surface area contributed by atoms with Crippen molar-refractivity contribution in [1.82, 2.24) is 35.4 Å². The maximum Gasteiger partial charge on any atom is 0.274 e. The predicted molar refractivity (Wildman–Crippen MR) is 95.8 cm³/mol. The summed E-state index contributed by atoms with van der Waals surface area (Å²) >= 11 is 0. The van der Waals surface area contributed by atoms with Crippen LogP contribution in [0.4, 0.5) is 0 Å². The van der Waals surface area contributed by atoms with Crippen LogP contribution < -0.4 is 10.6 Å². The third-order valence-corrected chi connectivity index (χ3v) is 4.56. The lowest BCUT2D eigenvalue weighted by atomic mass is 10.0. The SMILES string of the molecule is Cc1cc(CNC(=O)c2nnn3c2C(=O)N[C@@H](c2ccccc2)C3)n(C)n1. The molecular formula is C18H19N7O2. The summed E-state index contributed by atoms with van der Waals surface area (Å²) in [6.07, 6.45) is 0. The van der Waals surface area contributed by atoms with E-state index in [0.717, 1.165) is 17.0 Å². The van der Waals surface area contributed by atoms with Gasteiger partial charge in [-0.1, -0.05) is 35.5 Å². The molecule has 27 heavy (non-hydrogen) atoms. The number of hydrogen-bond acceptors (Lipinski definition) is 5. The molecule has 0 unspecified atom stereocenters. The molecule has 1 aromatic carbocycles. The highest BCUT2D eigenvalue weighted by Gasteiger charge is 2.32. The largest absolute Gasteiger partial charge is 0.345 e. The fourth-order valence-electron chi connectivity index (χ4n) is 3.22. The number of aryl methyl sites for hydroxylation is 2. The van der Waals surface area contributed by atoms with Gasteiger partial charge in [-0.05, 0) is 18.6 Å². The van der Waals surface area contributed by atoms with Crippen LogP contribution in [0.3, 0.4) is 0 Å². The molecule has 0 bridgehead atoms. The normalized spacial score (nSPS) is 15.9. The van der Waals surface area contributed by atoms with E-state index in [1.165, 1.54) is 4.68 Å². The molecule has 9 nitrogen and oxygen atoms in total. The van der Waals surface area contributed by atoms with E-state index in [1.807, 2.05) is 50.4 Å². The van der Waals surface area contributed by atoms with Crippen LogP contribution in [0.15, 0.2) is 36.4 Å². The summed E-state index contributed by atoms with van der Waals surface area (Å²) in [7, 11) is 1.81. The first kappa shape index (κ1) is 17.0. The Labute approximate surface area is 155 Å². The maximum absolute atomic E-state index is 12.6. The van der Waals surface area contributed by atoms with Gasteiger partial charge in [0.15, 0.2) is 11.4 Å². The zero-order valence-electron chi connectivity index (χ0n) is 15.0. The van der Waals surface area contributed by atoms with Crippen molar-refractivity contribution < 1.29 is 9.59 Å². The Morgan fingerprint density at radius 3 is 2.81 bits per heavy atom. The average Bonchev–Trinajstić information content (AvgIpc) is 3.23. The van der Waals surface area contributed by atoms with Crippen molar-refractivity contribution in [3.05, 3.63) is 64.7 Å². The van der Waals surface area contributed by atoms with Crippen LogP contribution in [-0.4, -0.2) is 36.6 Å². The van der Waals surface area contributed by atoms with Gasteiger partial charge in [-0.25, -0.2) is 4.68 Å². The second-order valence-corrected chi connectivity index (χ2v) is 6.49. The molecule has 2 N–H and O–H groups in total. The van der Waals surface area contributed by atoms with Crippen molar-refractivity contribution in [2.75, 3.05) is 0 Å². The number of amides is 2. The quantitative estimate of drug-likeness (QED) is 0.709. The monoisotopic (exact) mass is 365 g/mol. The van der Waals surface area contributed by atoms with Gasteiger partial charge in [0, 0.05) is 7.05 Å². The molecule has 3 heterocycles. The minimum absolute atomic E-state index is 0.0258. The topological polar surface area (TPSA) is 107 Å². The lowest BCUT2D eigenvalue weighted by Crippen LogP contribution is -2.40. The van der Waals surface area contributed by atoms with E-state index < -0.39 is 5.91 Å². The van der Waals surface area contributed by atoms with Gasteiger partial charge in [0.25, 0.3) is 11.8 Å². The van der Waals surface area contributed by atoms with Gasteiger partial charge < -0.3 is 10.6 Å². The van der Waals surface area contributed by atoms with Crippen molar-refractivity contribution >= 4 is 11.8 Å². The molecule has 1 aliphatic rings. The third kappa shape index (κ3) is 3.19. The summed E-state index contributed by atoms with van der Waals surface area (Å²) < 4.78 is 3.19. The Bertz CT molecular complexity index is 1010. The van der Waals surface area contributed by atoms with Crippen molar-refractivity contribution in [3.8, 4) is 0 Å². The zero-order valence-corrected chi connectivity index (χ0v) is 15.0. The number of benzene rings is 1. The highest BCUT2D eigenvalue weighted by atomic mass is 16.2. The Morgan fingerprint density at radius 1 is 1.33 bits per heavy atom. The van der Waals surface area contributed by atoms with E-state index in [1.54, 1.807) is 4.68 Å². The summed E-state index contributed by atoms with van der Waals surface area (Å²) in [5.74, 6) is -0.801. The highest BCUT2D eigenvalue weighted by molar-refractivity contribution is 6.05. The van der Waals surface area contributed by atoms with E-state index in [0.29, 0.717) is 6.54 Å². The number of carbonyl (C=O) groups is 2. The molecule has 0 saturated heterocycles. The third-order valence-electron chi connectivity index (χ3n) is 4.56. The van der Waals surface area contributed by atoms with Crippen LogP contribution in [0.2, 0.25) is 0 Å². The first-order chi connectivity index (χ1) is 13.0. The number of hydrogen-bond donors (Lipinski definition) is 2. The fraction of sp³-hybridized carbons (Fsp3) is 0.278. The van der Waals surface area contributed by atoms with Crippen molar-refractivity contribution in [2.45, 2.75) is 26.1 Å². The number of fused-ring (bicyclic) bond motifs is 1. The molecule has 2 amide bonds. The molecule has 9 heteroatoms. The van der Waals surface area contributed by atoms with Gasteiger partial charge >= 0.3 is 0 Å². The average molecular weight is 365 g/mol. The molecule has 0 spiro atoms. The van der Waals surface area contributed by atoms with Gasteiger partial charge in [-0.15, -0.1) is 5.10 Å². The molecule has 2 aromatic heterocycles. The highest BCUT2D eigenvalue weighted by Crippen LogP contribution is 2.21. The Balaban J connectivity index is 1.52. The Morgan fingerprint density at radius 2 is 2.11 bits per heavy atom. The number of aromatic nitrogens is 5. The van der Waals surface area contributed by atoms with Crippen molar-refractivity contribution in [2.24, 2.45) is 7.05 Å². The van der Waals surface area contributed by atoms with Crippen LogP contribution in [0.5, 0.6) is 0 Å². The molecular weight excluding hydrogens is 346 g/mol. The first-order valence-corrected chi connectivity index (χ1v) is 8.60. The number of nitrogens with one attached hydrogen (secondary N) is 2. The molecule has 0 fully saturated rings. The van der Waals surface area contributed by atoms with Crippen LogP contribution in [0, 0.1) is 6.92 Å². The molecule has 4 rings (SSSR count). The minimum Gasteiger partial charge on any atom is -0.345 e. The maximum atomic E-state index is 12.6. The summed E-state index contributed by atoms with van der Waals surface area (Å²) in [6, 6.07) is 11.3. The predicted octanol–water partition coefficient (Wildman–Crippen LogP) is 0.735. The smallest absolute Gasteiger partial charge is 0.274 e. The minimum atomic E-state index is -0.441. The van der Waals surface area contributed by atoms with Crippen LogP contribution in [0.1, 0.15) is 44.0 Å². The van der Waals surface area contributed by atoms with Crippen LogP contribution in [-0.2, 0) is 20.1 Å². The molecule has 3 aromatic rings. The van der Waals surface area contributed by atoms with E-state index in [9.17, 15) is 9.59 Å². The Hall–Kier alpha value is -3.49. The molecule has 138 valence electrons. The van der Waals surface area contributed by atoms with Crippen molar-refractivity contribution in [3.63, 3.8) is 0 Å². The Kier molecular flexibility index (Phi) is 4.19. The van der Waals surface area contributed by atoms with Crippen molar-refractivity contribution in [1.29, 1.82) is 0 Å². The summed E-state index contributed by atoms with van der Waals surface area (Å²) in [5.41, 5.74) is 2.91. The number of nitrogens with zero attached hydrogens (tertiary/aromatic N) is 5. The van der Waals surface area contributed by atoms with E-state index >= 15 is 0 Å². The standard InChI is InChI=1S/C18H19N7O2/c1-11-8-13(24(2)22-11)9-19-17(26)15-16-18(27)20-14(10-25(16)23-21-15)12-6-4-3-5-7-12/h3-8,14H,9-10H2,1-2H3,(H,19,26)(H,20,27)/t14-/m1/s1. The molecule has 0 radical (unpaired) electrons. The summed E-state index contributed by atoms with van der Waals surface area (Å²) in [4.78, 5) is 25.1. The van der Waals surface area contributed by atoms with Gasteiger partial charge in [-0.2, -0.15) is 5.10 Å². The number of rotatable bonds is 4. The van der Waals surface area contributed by atoms with E-state index in [4.69, 9.17) is 0 Å². The first-order valence-electron chi connectivity index (χ1n) is 8.60. The second kappa shape index (κ2) is 6.67. The van der Waals surface area contributed by atoms with E-state index in [-0.39, 0.29) is 29.9 Å². The van der Waals surface area contributed by atoms with Gasteiger partial charge in [0.05, 0.1) is 30.5 Å². The fourth-order valence-corrected chi connectivity index (χ4v) is 3.22. The lowest BCUT2D eigenvalue weighted by molar-refractivity contribution is 0.0875. The summed E-state index contributed by atoms with van der Waals surface area (Å²) in [5, 5.41) is 17.9. The van der Waals surface area contributed by atoms with Crippen LogP contribution >= 0.6 is 0 Å². The van der Waals surface area contributed by atoms with E-state index in [2.05, 4.69) is 26.0 Å². The van der Waals surface area contributed by atoms with Gasteiger partial charge in [-0.3, -0.25) is 14.3 Å². The molecule has 0 aliphatic carbocycles. The molecule has 1 atom stereocenters. The lowest BCUT2D eigenvalue weighted by Gasteiger charge is -2.24. The van der Waals surface area contributed by atoms with Gasteiger partial charge in [0.1, 0.15) is 0 Å². The molecule has 1 aliphatic heterocycles.